The minimum atomic E-state index is -3.78. The molecule has 0 radical (unpaired) electrons. The van der Waals surface area contributed by atoms with Crippen LogP contribution in [0.15, 0.2) is 51.8 Å². The second-order valence-electron chi connectivity index (χ2n) is 5.26. The Morgan fingerprint density at radius 1 is 1.19 bits per heavy atom. The van der Waals surface area contributed by atoms with Crippen molar-refractivity contribution in [1.82, 2.24) is 4.31 Å². The quantitative estimate of drug-likeness (QED) is 0.732. The summed E-state index contributed by atoms with van der Waals surface area (Å²) in [6, 6.07) is 9.73. The Morgan fingerprint density at radius 2 is 1.85 bits per heavy atom. The van der Waals surface area contributed by atoms with Crippen molar-refractivity contribution >= 4 is 37.5 Å². The second kappa shape index (κ2) is 8.11. The number of amides is 1. The van der Waals surface area contributed by atoms with Crippen molar-refractivity contribution in [3.63, 3.8) is 0 Å². The Morgan fingerprint density at radius 3 is 2.46 bits per heavy atom. The summed E-state index contributed by atoms with van der Waals surface area (Å²) in [5.74, 6) is -0.868. The zero-order valence-corrected chi connectivity index (χ0v) is 16.1. The first-order valence-electron chi connectivity index (χ1n) is 7.20. The van der Waals surface area contributed by atoms with Gasteiger partial charge in [0, 0.05) is 24.1 Å². The lowest BCUT2D eigenvalue weighted by atomic mass is 10.2. The molecule has 0 unspecified atom stereocenters. The van der Waals surface area contributed by atoms with Crippen molar-refractivity contribution in [2.45, 2.75) is 11.5 Å². The molecule has 0 heterocycles. The van der Waals surface area contributed by atoms with Crippen LogP contribution in [0.1, 0.15) is 10.4 Å². The Balaban J connectivity index is 2.35. The largest absolute Gasteiger partial charge is 0.433 e. The number of hydrogen-bond acceptors (Lipinski definition) is 4. The second-order valence-corrected chi connectivity index (χ2v) is 8.24. The van der Waals surface area contributed by atoms with E-state index < -0.39 is 22.5 Å². The van der Waals surface area contributed by atoms with Crippen LogP contribution in [0.25, 0.3) is 0 Å². The van der Waals surface area contributed by atoms with Gasteiger partial charge in [0.25, 0.3) is 5.91 Å². The summed E-state index contributed by atoms with van der Waals surface area (Å²) in [5.41, 5.74) is 0.0817. The first kappa shape index (κ1) is 20.3. The molecule has 6 nitrogen and oxygen atoms in total. The van der Waals surface area contributed by atoms with Crippen LogP contribution in [0.5, 0.6) is 5.75 Å². The molecule has 0 saturated heterocycles. The highest BCUT2D eigenvalue weighted by Gasteiger charge is 2.22. The fourth-order valence-electron chi connectivity index (χ4n) is 2.00. The summed E-state index contributed by atoms with van der Waals surface area (Å²) >= 11 is 3.15. The first-order valence-corrected chi connectivity index (χ1v) is 9.43. The highest BCUT2D eigenvalue weighted by molar-refractivity contribution is 9.10. The van der Waals surface area contributed by atoms with Gasteiger partial charge in [-0.1, -0.05) is 12.1 Å². The molecule has 10 heteroatoms. The Bertz CT molecular complexity index is 920. The lowest BCUT2D eigenvalue weighted by molar-refractivity contribution is -0.0493. The number of hydrogen-bond donors (Lipinski definition) is 1. The van der Waals surface area contributed by atoms with Crippen molar-refractivity contribution in [3.8, 4) is 5.75 Å². The number of benzene rings is 2. The molecular formula is C16H15BrF2N2O4S. The number of ether oxygens (including phenoxy) is 1. The standard InChI is InChI=1S/C16H15BrF2N2O4S/c1-21(2)26(23,24)14-9-10(7-8-11(14)17)15(22)20-12-5-3-4-6-13(12)25-16(18)19/h3-9,16H,1-2H3,(H,20,22). The molecule has 0 bridgehead atoms. The maximum Gasteiger partial charge on any atom is 0.387 e. The molecule has 2 aromatic carbocycles. The van der Waals surface area contributed by atoms with E-state index in [2.05, 4.69) is 26.0 Å². The van der Waals surface area contributed by atoms with Gasteiger partial charge in [0.1, 0.15) is 5.75 Å². The summed E-state index contributed by atoms with van der Waals surface area (Å²) in [4.78, 5) is 12.3. The predicted molar refractivity (Wildman–Crippen MR) is 96.0 cm³/mol. The molecule has 2 rings (SSSR count). The molecule has 140 valence electrons. The van der Waals surface area contributed by atoms with Crippen molar-refractivity contribution < 1.29 is 26.7 Å². The molecular weight excluding hydrogens is 434 g/mol. The van der Waals surface area contributed by atoms with Crippen LogP contribution in [0.3, 0.4) is 0 Å². The predicted octanol–water partition coefficient (Wildman–Crippen LogP) is 3.55. The lowest BCUT2D eigenvalue weighted by Gasteiger charge is -2.15. The van der Waals surface area contributed by atoms with Crippen LogP contribution in [-0.2, 0) is 10.0 Å². The number of carbonyl (C=O) groups excluding carboxylic acids is 1. The monoisotopic (exact) mass is 448 g/mol. The average molecular weight is 449 g/mol. The lowest BCUT2D eigenvalue weighted by Crippen LogP contribution is -2.23. The molecule has 2 aromatic rings. The van der Waals surface area contributed by atoms with E-state index in [1.165, 1.54) is 56.6 Å². The van der Waals surface area contributed by atoms with E-state index in [9.17, 15) is 22.0 Å². The van der Waals surface area contributed by atoms with E-state index in [1.807, 2.05) is 0 Å². The van der Waals surface area contributed by atoms with Gasteiger partial charge < -0.3 is 10.1 Å². The van der Waals surface area contributed by atoms with Crippen LogP contribution in [0.2, 0.25) is 0 Å². The molecule has 0 aromatic heterocycles. The van der Waals surface area contributed by atoms with Crippen LogP contribution in [0, 0.1) is 0 Å². The number of carbonyl (C=O) groups is 1. The molecule has 0 fully saturated rings. The van der Waals surface area contributed by atoms with Crippen LogP contribution in [0.4, 0.5) is 14.5 Å². The van der Waals surface area contributed by atoms with Gasteiger partial charge in [-0.3, -0.25) is 4.79 Å². The summed E-state index contributed by atoms with van der Waals surface area (Å²) < 4.78 is 55.2. The van der Waals surface area contributed by atoms with E-state index >= 15 is 0 Å². The average Bonchev–Trinajstić information content (AvgIpc) is 2.56. The first-order chi connectivity index (χ1) is 12.1. The number of rotatable bonds is 6. The van der Waals surface area contributed by atoms with Gasteiger partial charge in [-0.2, -0.15) is 8.78 Å². The fraction of sp³-hybridized carbons (Fsp3) is 0.188. The van der Waals surface area contributed by atoms with Gasteiger partial charge in [-0.05, 0) is 46.3 Å². The van der Waals surface area contributed by atoms with Crippen molar-refractivity contribution in [3.05, 3.63) is 52.5 Å². The van der Waals surface area contributed by atoms with Gasteiger partial charge in [-0.25, -0.2) is 12.7 Å². The maximum absolute atomic E-state index is 12.5. The molecule has 1 N–H and O–H groups in total. The molecule has 26 heavy (non-hydrogen) atoms. The SMILES string of the molecule is CN(C)S(=O)(=O)c1cc(C(=O)Nc2ccccc2OC(F)F)ccc1Br. The molecule has 0 atom stereocenters. The third-order valence-corrected chi connectivity index (χ3v) is 6.11. The Kier molecular flexibility index (Phi) is 6.32. The number of nitrogens with zero attached hydrogens (tertiary/aromatic N) is 1. The zero-order valence-electron chi connectivity index (χ0n) is 13.7. The van der Waals surface area contributed by atoms with Gasteiger partial charge in [0.15, 0.2) is 0 Å². The minimum absolute atomic E-state index is 0.0396. The van der Waals surface area contributed by atoms with Gasteiger partial charge >= 0.3 is 6.61 Å². The molecule has 1 amide bonds. The van der Waals surface area contributed by atoms with Gasteiger partial charge in [0.05, 0.1) is 10.6 Å². The smallest absolute Gasteiger partial charge is 0.387 e. The zero-order chi connectivity index (χ0) is 19.5. The molecule has 0 saturated carbocycles. The van der Waals surface area contributed by atoms with Crippen molar-refractivity contribution in [2.75, 3.05) is 19.4 Å². The topological polar surface area (TPSA) is 75.7 Å². The highest BCUT2D eigenvalue weighted by atomic mass is 79.9. The van der Waals surface area contributed by atoms with Gasteiger partial charge in [-0.15, -0.1) is 0 Å². The highest BCUT2D eigenvalue weighted by Crippen LogP contribution is 2.28. The number of anilines is 1. The number of sulfonamides is 1. The number of para-hydroxylation sites is 2. The minimum Gasteiger partial charge on any atom is -0.433 e. The summed E-state index contributed by atoms with van der Waals surface area (Å²) in [7, 11) is -1.04. The van der Waals surface area contributed by atoms with E-state index in [0.717, 1.165) is 4.31 Å². The van der Waals surface area contributed by atoms with Crippen LogP contribution < -0.4 is 10.1 Å². The normalized spacial score (nSPS) is 11.7. The number of alkyl halides is 2. The van der Waals surface area contributed by atoms with E-state index in [4.69, 9.17) is 0 Å². The molecule has 0 aliphatic heterocycles. The Labute approximate surface area is 157 Å². The van der Waals surface area contributed by atoms with E-state index in [1.54, 1.807) is 0 Å². The van der Waals surface area contributed by atoms with E-state index in [0.29, 0.717) is 4.47 Å². The van der Waals surface area contributed by atoms with Gasteiger partial charge in [0.2, 0.25) is 10.0 Å². The molecule has 0 spiro atoms. The fourth-order valence-corrected chi connectivity index (χ4v) is 3.85. The third-order valence-electron chi connectivity index (χ3n) is 3.30. The van der Waals surface area contributed by atoms with E-state index in [-0.39, 0.29) is 21.9 Å². The summed E-state index contributed by atoms with van der Waals surface area (Å²) in [6.07, 6.45) is 0. The maximum atomic E-state index is 12.5. The summed E-state index contributed by atoms with van der Waals surface area (Å²) in [5, 5.41) is 2.44. The molecule has 0 aliphatic rings. The number of halogens is 3. The Hall–Kier alpha value is -2.04. The molecule has 0 aliphatic carbocycles. The van der Waals surface area contributed by atoms with Crippen LogP contribution >= 0.6 is 15.9 Å². The number of nitrogens with one attached hydrogen (secondary N) is 1. The van der Waals surface area contributed by atoms with Crippen molar-refractivity contribution in [2.24, 2.45) is 0 Å². The van der Waals surface area contributed by atoms with Crippen LogP contribution in [-0.4, -0.2) is 39.3 Å². The third kappa shape index (κ3) is 4.57. The summed E-state index contributed by atoms with van der Waals surface area (Å²) in [6.45, 7) is -3.04. The van der Waals surface area contributed by atoms with Crippen molar-refractivity contribution in [1.29, 1.82) is 0 Å².